The molecule has 1 saturated heterocycles. The van der Waals surface area contributed by atoms with Gasteiger partial charge in [0, 0.05) is 43.6 Å². The van der Waals surface area contributed by atoms with Crippen LogP contribution in [0.3, 0.4) is 0 Å². The number of benzene rings is 1. The number of nitrogens with one attached hydrogen (secondary N) is 1. The molecule has 0 saturated carbocycles. The topological polar surface area (TPSA) is 48.7 Å². The van der Waals surface area contributed by atoms with Crippen LogP contribution in [0.25, 0.3) is 6.08 Å². The Morgan fingerprint density at radius 1 is 1.12 bits per heavy atom. The van der Waals surface area contributed by atoms with Gasteiger partial charge in [-0.2, -0.15) is 0 Å². The third kappa shape index (κ3) is 4.73. The minimum Gasteiger partial charge on any atom is -0.462 e. The predicted octanol–water partition coefficient (Wildman–Crippen LogP) is 3.38. The van der Waals surface area contributed by atoms with Gasteiger partial charge in [0.1, 0.15) is 11.5 Å². The van der Waals surface area contributed by atoms with E-state index in [0.29, 0.717) is 5.76 Å². The molecule has 1 fully saturated rings. The van der Waals surface area contributed by atoms with Crippen LogP contribution in [0.2, 0.25) is 0 Å². The van der Waals surface area contributed by atoms with Crippen LogP contribution in [-0.2, 0) is 4.79 Å². The van der Waals surface area contributed by atoms with Crippen molar-refractivity contribution in [1.29, 1.82) is 0 Å². The van der Waals surface area contributed by atoms with Gasteiger partial charge < -0.3 is 19.5 Å². The standard InChI is InChI=1S/C20H25N3O2/c1-3-22-12-14-23(15-13-22)18-7-5-17(6-8-18)21-20(24)11-10-19-9-4-16(2)25-19/h4-11H,3,12-15H2,1-2H3,(H,21,24)/b11-10+. The maximum absolute atomic E-state index is 12.0. The number of rotatable bonds is 5. The highest BCUT2D eigenvalue weighted by Gasteiger charge is 2.15. The molecule has 0 atom stereocenters. The summed E-state index contributed by atoms with van der Waals surface area (Å²) in [5.41, 5.74) is 2.00. The van der Waals surface area contributed by atoms with Crippen LogP contribution in [0.1, 0.15) is 18.4 Å². The van der Waals surface area contributed by atoms with E-state index in [0.717, 1.165) is 44.2 Å². The van der Waals surface area contributed by atoms with E-state index in [-0.39, 0.29) is 5.91 Å². The molecule has 2 aromatic rings. The molecular weight excluding hydrogens is 314 g/mol. The quantitative estimate of drug-likeness (QED) is 0.849. The predicted molar refractivity (Wildman–Crippen MR) is 102 cm³/mol. The van der Waals surface area contributed by atoms with Gasteiger partial charge in [0.25, 0.3) is 0 Å². The molecule has 1 aliphatic heterocycles. The maximum atomic E-state index is 12.0. The van der Waals surface area contributed by atoms with Crippen molar-refractivity contribution in [3.8, 4) is 0 Å². The van der Waals surface area contributed by atoms with E-state index in [1.165, 1.54) is 11.8 Å². The van der Waals surface area contributed by atoms with Crippen molar-refractivity contribution in [3.05, 3.63) is 54.0 Å². The normalized spacial score (nSPS) is 15.7. The Labute approximate surface area is 148 Å². The summed E-state index contributed by atoms with van der Waals surface area (Å²) < 4.78 is 5.41. The molecule has 5 heteroatoms. The minimum absolute atomic E-state index is 0.168. The van der Waals surface area contributed by atoms with Crippen LogP contribution in [0.4, 0.5) is 11.4 Å². The van der Waals surface area contributed by atoms with Gasteiger partial charge in [0.2, 0.25) is 5.91 Å². The lowest BCUT2D eigenvalue weighted by Crippen LogP contribution is -2.46. The minimum atomic E-state index is -0.168. The molecule has 2 heterocycles. The number of hydrogen-bond donors (Lipinski definition) is 1. The average molecular weight is 339 g/mol. The van der Waals surface area contributed by atoms with E-state index in [9.17, 15) is 4.79 Å². The van der Waals surface area contributed by atoms with Crippen LogP contribution in [0.15, 0.2) is 46.9 Å². The highest BCUT2D eigenvalue weighted by Crippen LogP contribution is 2.19. The maximum Gasteiger partial charge on any atom is 0.248 e. The second-order valence-corrected chi connectivity index (χ2v) is 6.24. The molecule has 1 aliphatic rings. The highest BCUT2D eigenvalue weighted by atomic mass is 16.3. The first kappa shape index (κ1) is 17.3. The van der Waals surface area contributed by atoms with Gasteiger partial charge in [0.15, 0.2) is 0 Å². The van der Waals surface area contributed by atoms with Crippen molar-refractivity contribution >= 4 is 23.4 Å². The number of anilines is 2. The zero-order valence-corrected chi connectivity index (χ0v) is 14.9. The number of nitrogens with zero attached hydrogens (tertiary/aromatic N) is 2. The number of carbonyl (C=O) groups is 1. The fraction of sp³-hybridized carbons (Fsp3) is 0.350. The molecule has 0 radical (unpaired) electrons. The number of carbonyl (C=O) groups excluding carboxylic acids is 1. The second-order valence-electron chi connectivity index (χ2n) is 6.24. The van der Waals surface area contributed by atoms with E-state index in [2.05, 4.69) is 34.2 Å². The fourth-order valence-electron chi connectivity index (χ4n) is 2.96. The van der Waals surface area contributed by atoms with Crippen molar-refractivity contribution in [1.82, 2.24) is 4.90 Å². The van der Waals surface area contributed by atoms with Crippen LogP contribution in [0, 0.1) is 6.92 Å². The summed E-state index contributed by atoms with van der Waals surface area (Å²) in [6.45, 7) is 9.49. The summed E-state index contributed by atoms with van der Waals surface area (Å²) in [5.74, 6) is 1.34. The molecule has 132 valence electrons. The van der Waals surface area contributed by atoms with Crippen molar-refractivity contribution in [2.75, 3.05) is 42.9 Å². The Balaban J connectivity index is 1.53. The summed E-state index contributed by atoms with van der Waals surface area (Å²) in [5, 5.41) is 2.87. The van der Waals surface area contributed by atoms with Gasteiger partial charge in [-0.15, -0.1) is 0 Å². The van der Waals surface area contributed by atoms with Gasteiger partial charge in [0.05, 0.1) is 0 Å². The summed E-state index contributed by atoms with van der Waals surface area (Å²) >= 11 is 0. The van der Waals surface area contributed by atoms with Crippen LogP contribution in [-0.4, -0.2) is 43.5 Å². The Kier molecular flexibility index (Phi) is 5.56. The van der Waals surface area contributed by atoms with E-state index < -0.39 is 0 Å². The monoisotopic (exact) mass is 339 g/mol. The van der Waals surface area contributed by atoms with Gasteiger partial charge >= 0.3 is 0 Å². The number of hydrogen-bond acceptors (Lipinski definition) is 4. The Bertz CT molecular complexity index is 726. The Hall–Kier alpha value is -2.53. The zero-order valence-electron chi connectivity index (χ0n) is 14.9. The number of piperazine rings is 1. The van der Waals surface area contributed by atoms with Gasteiger partial charge in [-0.05, 0) is 55.9 Å². The summed E-state index contributed by atoms with van der Waals surface area (Å²) in [6, 6.07) is 11.7. The molecule has 1 N–H and O–H groups in total. The first-order chi connectivity index (χ1) is 12.1. The highest BCUT2D eigenvalue weighted by molar-refractivity contribution is 6.01. The molecule has 25 heavy (non-hydrogen) atoms. The number of aryl methyl sites for hydroxylation is 1. The van der Waals surface area contributed by atoms with E-state index in [1.807, 2.05) is 31.2 Å². The molecule has 1 aromatic heterocycles. The number of likely N-dealkylation sites (N-methyl/N-ethyl adjacent to an activating group) is 1. The average Bonchev–Trinajstić information content (AvgIpc) is 3.06. The number of amides is 1. The summed E-state index contributed by atoms with van der Waals surface area (Å²) in [7, 11) is 0. The molecule has 0 spiro atoms. The smallest absolute Gasteiger partial charge is 0.248 e. The first-order valence-electron chi connectivity index (χ1n) is 8.77. The van der Waals surface area contributed by atoms with E-state index in [4.69, 9.17) is 4.42 Å². The van der Waals surface area contributed by atoms with Crippen LogP contribution in [0.5, 0.6) is 0 Å². The first-order valence-corrected chi connectivity index (χ1v) is 8.77. The van der Waals surface area contributed by atoms with E-state index in [1.54, 1.807) is 6.08 Å². The molecule has 5 nitrogen and oxygen atoms in total. The molecule has 0 aliphatic carbocycles. The molecule has 0 unspecified atom stereocenters. The van der Waals surface area contributed by atoms with Crippen molar-refractivity contribution in [2.45, 2.75) is 13.8 Å². The van der Waals surface area contributed by atoms with E-state index >= 15 is 0 Å². The third-order valence-corrected chi connectivity index (χ3v) is 4.48. The summed E-state index contributed by atoms with van der Waals surface area (Å²) in [4.78, 5) is 16.8. The summed E-state index contributed by atoms with van der Waals surface area (Å²) in [6.07, 6.45) is 3.15. The molecule has 1 amide bonds. The molecule has 1 aromatic carbocycles. The van der Waals surface area contributed by atoms with Crippen molar-refractivity contribution < 1.29 is 9.21 Å². The Morgan fingerprint density at radius 3 is 2.44 bits per heavy atom. The van der Waals surface area contributed by atoms with Gasteiger partial charge in [-0.1, -0.05) is 6.92 Å². The second kappa shape index (κ2) is 8.03. The van der Waals surface area contributed by atoms with Gasteiger partial charge in [-0.25, -0.2) is 0 Å². The Morgan fingerprint density at radius 2 is 1.84 bits per heavy atom. The molecular formula is C20H25N3O2. The third-order valence-electron chi connectivity index (χ3n) is 4.48. The van der Waals surface area contributed by atoms with Crippen LogP contribution < -0.4 is 10.2 Å². The lowest BCUT2D eigenvalue weighted by Gasteiger charge is -2.35. The molecule has 3 rings (SSSR count). The SMILES string of the molecule is CCN1CCN(c2ccc(NC(=O)/C=C/c3ccc(C)o3)cc2)CC1. The van der Waals surface area contributed by atoms with Crippen LogP contribution >= 0.6 is 0 Å². The zero-order chi connectivity index (χ0) is 17.6. The lowest BCUT2D eigenvalue weighted by atomic mass is 10.2. The van der Waals surface area contributed by atoms with Crippen molar-refractivity contribution in [3.63, 3.8) is 0 Å². The van der Waals surface area contributed by atoms with Crippen molar-refractivity contribution in [2.24, 2.45) is 0 Å². The lowest BCUT2D eigenvalue weighted by molar-refractivity contribution is -0.111. The fourth-order valence-corrected chi connectivity index (χ4v) is 2.96. The number of furan rings is 1. The largest absolute Gasteiger partial charge is 0.462 e. The van der Waals surface area contributed by atoms with Gasteiger partial charge in [-0.3, -0.25) is 4.79 Å². The molecule has 0 bridgehead atoms.